The van der Waals surface area contributed by atoms with Gasteiger partial charge in [-0.25, -0.2) is 0 Å². The van der Waals surface area contributed by atoms with Gasteiger partial charge in [-0.05, 0) is 0 Å². The number of aliphatic carboxylic acids is 1. The van der Waals surface area contributed by atoms with E-state index >= 15 is 0 Å². The first-order valence-electron chi connectivity index (χ1n) is 8.96. The topological polar surface area (TPSA) is 59.4 Å². The van der Waals surface area contributed by atoms with Gasteiger partial charge >= 0.3 is 186 Å². The first-order valence-corrected chi connectivity index (χ1v) is 11.8. The van der Waals surface area contributed by atoms with Gasteiger partial charge in [-0.15, -0.1) is 0 Å². The molecule has 0 saturated heterocycles. The summed E-state index contributed by atoms with van der Waals surface area (Å²) >= 11 is 1.39. The van der Waals surface area contributed by atoms with Crippen LogP contribution in [0.4, 0.5) is 17.6 Å². The van der Waals surface area contributed by atoms with E-state index in [4.69, 9.17) is 9.84 Å². The number of rotatable bonds is 7. The third-order valence-corrected chi connectivity index (χ3v) is 8.04. The first kappa shape index (κ1) is 23.2. The molecule has 1 heterocycles. The molecule has 0 unspecified atom stereocenters. The molecule has 0 radical (unpaired) electrons. The summed E-state index contributed by atoms with van der Waals surface area (Å²) in [7, 11) is 0. The molecule has 3 aromatic rings. The fourth-order valence-electron chi connectivity index (χ4n) is 2.73. The minimum atomic E-state index is -4.73. The molecule has 3 rings (SSSR count). The van der Waals surface area contributed by atoms with Crippen molar-refractivity contribution in [3.63, 3.8) is 0 Å². The fourth-order valence-corrected chi connectivity index (χ4v) is 6.27. The second-order valence-electron chi connectivity index (χ2n) is 6.62. The number of alkyl halides is 3. The van der Waals surface area contributed by atoms with E-state index in [2.05, 4.69) is 4.98 Å². The van der Waals surface area contributed by atoms with Crippen LogP contribution in [0.5, 0.6) is 5.75 Å². The number of carboxylic acid groups (broad SMARTS) is 1. The Kier molecular flexibility index (Phi) is 7.03. The Morgan fingerprint density at radius 1 is 1.19 bits per heavy atom. The summed E-state index contributed by atoms with van der Waals surface area (Å²) < 4.78 is 58.5. The maximum absolute atomic E-state index is 13.9. The number of ether oxygens (including phenoxy) is 1. The summed E-state index contributed by atoms with van der Waals surface area (Å²) in [6, 6.07) is 8.41. The van der Waals surface area contributed by atoms with Crippen LogP contribution in [0.25, 0.3) is 10.6 Å². The van der Waals surface area contributed by atoms with Crippen molar-refractivity contribution in [2.45, 2.75) is 25.3 Å². The molecule has 0 aliphatic heterocycles. The monoisotopic (exact) mass is 519 g/mol. The summed E-state index contributed by atoms with van der Waals surface area (Å²) in [5, 5.41) is 9.90. The predicted molar refractivity (Wildman–Crippen MR) is 111 cm³/mol. The number of aromatic nitrogens is 1. The van der Waals surface area contributed by atoms with E-state index < -0.39 is 30.1 Å². The molecule has 0 amide bonds. The van der Waals surface area contributed by atoms with Gasteiger partial charge in [0.15, 0.2) is 0 Å². The molecule has 0 spiro atoms. The molecule has 0 fully saturated rings. The number of hydrogen-bond acceptors (Lipinski definition) is 4. The molecule has 0 atom stereocenters. The van der Waals surface area contributed by atoms with E-state index in [1.54, 1.807) is 6.07 Å². The number of thiazole rings is 1. The number of hydrogen-bond donors (Lipinski definition) is 1. The number of halogens is 4. The number of carbonyl (C=O) groups is 1. The number of benzene rings is 2. The number of carboxylic acids is 1. The van der Waals surface area contributed by atoms with Crippen molar-refractivity contribution >= 4 is 36.7 Å². The summed E-state index contributed by atoms with van der Waals surface area (Å²) in [5.41, 5.74) is 0.621. The van der Waals surface area contributed by atoms with E-state index in [1.165, 1.54) is 17.4 Å². The zero-order valence-corrected chi connectivity index (χ0v) is 18.9. The summed E-state index contributed by atoms with van der Waals surface area (Å²) in [4.78, 5) is 16.0. The molecule has 31 heavy (non-hydrogen) atoms. The van der Waals surface area contributed by atoms with Gasteiger partial charge in [0, 0.05) is 0 Å². The Labute approximate surface area is 186 Å². The fraction of sp³-hybridized carbons (Fsp3) is 0.238. The molecule has 0 aliphatic carbocycles. The van der Waals surface area contributed by atoms with Gasteiger partial charge in [-0.3, -0.25) is 0 Å². The normalized spacial score (nSPS) is 11.5. The zero-order chi connectivity index (χ0) is 22.8. The van der Waals surface area contributed by atoms with Gasteiger partial charge < -0.3 is 0 Å². The molecule has 0 bridgehead atoms. The van der Waals surface area contributed by atoms with E-state index in [9.17, 15) is 22.4 Å². The molecule has 164 valence electrons. The zero-order valence-electron chi connectivity index (χ0n) is 16.4. The van der Waals surface area contributed by atoms with E-state index in [0.717, 1.165) is 32.7 Å². The van der Waals surface area contributed by atoms with Crippen molar-refractivity contribution in [3.05, 3.63) is 63.9 Å². The second kappa shape index (κ2) is 9.38. The number of aryl methyl sites for hydroxylation is 2. The first-order chi connectivity index (χ1) is 14.5. The Hall–Kier alpha value is -2.42. The molecule has 0 saturated carbocycles. The molecule has 1 aromatic heterocycles. The van der Waals surface area contributed by atoms with Crippen LogP contribution in [0.1, 0.15) is 21.7 Å². The van der Waals surface area contributed by atoms with Crippen molar-refractivity contribution in [3.8, 4) is 16.3 Å². The summed E-state index contributed by atoms with van der Waals surface area (Å²) in [6.45, 7) is 3.25. The van der Waals surface area contributed by atoms with Crippen molar-refractivity contribution < 1.29 is 32.2 Å². The molecule has 0 aliphatic rings. The van der Waals surface area contributed by atoms with E-state index in [-0.39, 0.29) is 15.0 Å². The molecule has 10 heteroatoms. The van der Waals surface area contributed by atoms with Gasteiger partial charge in [0.05, 0.1) is 0 Å². The van der Waals surface area contributed by atoms with Gasteiger partial charge in [0.2, 0.25) is 0 Å². The molecule has 2 aromatic carbocycles. The summed E-state index contributed by atoms with van der Waals surface area (Å²) in [5.74, 6) is -1.84. The quantitative estimate of drug-likeness (QED) is 0.368. The van der Waals surface area contributed by atoms with E-state index in [0.29, 0.717) is 21.6 Å². The van der Waals surface area contributed by atoms with Crippen LogP contribution in [0, 0.1) is 19.7 Å². The average Bonchev–Trinajstić information content (AvgIpc) is 3.05. The van der Waals surface area contributed by atoms with Crippen molar-refractivity contribution in [1.29, 1.82) is 0 Å². The minimum absolute atomic E-state index is 0.0516. The molecule has 4 nitrogen and oxygen atoms in total. The van der Waals surface area contributed by atoms with Gasteiger partial charge in [0.25, 0.3) is 0 Å². The number of nitrogens with zero attached hydrogens (tertiary/aromatic N) is 1. The van der Waals surface area contributed by atoms with Crippen LogP contribution in [0.15, 0.2) is 36.4 Å². The summed E-state index contributed by atoms with van der Waals surface area (Å²) in [6.07, 6.45) is -4.73. The van der Waals surface area contributed by atoms with Crippen molar-refractivity contribution in [2.75, 3.05) is 6.61 Å². The van der Waals surface area contributed by atoms with Crippen LogP contribution in [0.3, 0.4) is 0 Å². The van der Waals surface area contributed by atoms with Crippen LogP contribution < -0.4 is 9.20 Å². The average molecular weight is 518 g/mol. The molecular formula is C21H17F4NO3SSe. The third kappa shape index (κ3) is 5.84. The molecule has 1 N–H and O–H groups in total. The van der Waals surface area contributed by atoms with Crippen LogP contribution in [-0.2, 0) is 16.3 Å². The second-order valence-corrected chi connectivity index (χ2v) is 9.90. The Balaban J connectivity index is 1.71. The molecular weight excluding hydrogens is 501 g/mol. The van der Waals surface area contributed by atoms with Crippen LogP contribution in [-0.4, -0.2) is 37.6 Å². The van der Waals surface area contributed by atoms with Crippen molar-refractivity contribution in [2.24, 2.45) is 0 Å². The van der Waals surface area contributed by atoms with Crippen molar-refractivity contribution in [1.82, 2.24) is 4.98 Å². The van der Waals surface area contributed by atoms with Gasteiger partial charge in [0.1, 0.15) is 0 Å². The SMILES string of the molecule is Cc1cc([Se]Cc2sc(-c3ccc(C(F)(F)F)c(F)c3)nc2C)ccc1OCC(=O)O. The third-order valence-electron chi connectivity index (χ3n) is 4.28. The van der Waals surface area contributed by atoms with Crippen LogP contribution in [0.2, 0.25) is 0 Å². The standard InChI is InChI=1S/C21H17F4NO3SSe/c1-11-7-14(4-6-17(11)29-9-19(27)28)31-10-18-12(2)26-20(30-18)13-3-5-15(16(22)8-13)21(23,24)25/h3-8H,9-10H2,1-2H3,(H,27,28). The van der Waals surface area contributed by atoms with E-state index in [1.807, 2.05) is 26.0 Å². The predicted octanol–water partition coefficient (Wildman–Crippen LogP) is 4.58. The van der Waals surface area contributed by atoms with Gasteiger partial charge in [-0.2, -0.15) is 0 Å². The Morgan fingerprint density at radius 3 is 2.55 bits per heavy atom. The van der Waals surface area contributed by atoms with Gasteiger partial charge in [-0.1, -0.05) is 0 Å². The Bertz CT molecular complexity index is 1110. The van der Waals surface area contributed by atoms with Crippen LogP contribution >= 0.6 is 11.3 Å². The maximum atomic E-state index is 13.9. The Morgan fingerprint density at radius 2 is 1.94 bits per heavy atom.